The van der Waals surface area contributed by atoms with Crippen LogP contribution < -0.4 is 5.32 Å². The molecule has 0 spiro atoms. The highest BCUT2D eigenvalue weighted by Gasteiger charge is 2.20. The van der Waals surface area contributed by atoms with Crippen LogP contribution in [0.5, 0.6) is 0 Å². The molecule has 2 atom stereocenters. The van der Waals surface area contributed by atoms with E-state index in [-0.39, 0.29) is 16.5 Å². The number of hydrogen-bond acceptors (Lipinski definition) is 4. The molecular formula is C14H23N3O2. The summed E-state index contributed by atoms with van der Waals surface area (Å²) in [6, 6.07) is 2.16. The molecule has 2 unspecified atom stereocenters. The lowest BCUT2D eigenvalue weighted by atomic mass is 9.93. The first-order valence-corrected chi connectivity index (χ1v) is 6.85. The van der Waals surface area contributed by atoms with E-state index in [4.69, 9.17) is 0 Å². The Kier molecular flexibility index (Phi) is 5.89. The molecule has 1 aromatic rings. The number of pyridine rings is 1. The minimum absolute atomic E-state index is 0.0905. The molecule has 1 aromatic heterocycles. The van der Waals surface area contributed by atoms with Crippen LogP contribution in [0.2, 0.25) is 0 Å². The van der Waals surface area contributed by atoms with Gasteiger partial charge in [0.1, 0.15) is 6.20 Å². The van der Waals surface area contributed by atoms with Crippen LogP contribution in [0.3, 0.4) is 0 Å². The molecule has 1 rings (SSSR count). The maximum atomic E-state index is 10.8. The topological polar surface area (TPSA) is 68.1 Å². The van der Waals surface area contributed by atoms with Gasteiger partial charge in [-0.15, -0.1) is 0 Å². The van der Waals surface area contributed by atoms with E-state index in [0.717, 1.165) is 25.1 Å². The largest absolute Gasteiger partial charge is 0.314 e. The van der Waals surface area contributed by atoms with Gasteiger partial charge in [0.25, 0.3) is 5.69 Å². The number of rotatable bonds is 7. The molecule has 0 amide bonds. The van der Waals surface area contributed by atoms with Crippen molar-refractivity contribution < 1.29 is 4.92 Å². The highest BCUT2D eigenvalue weighted by Crippen LogP contribution is 2.25. The van der Waals surface area contributed by atoms with E-state index >= 15 is 0 Å². The van der Waals surface area contributed by atoms with E-state index < -0.39 is 0 Å². The summed E-state index contributed by atoms with van der Waals surface area (Å²) < 4.78 is 0. The molecule has 0 bridgehead atoms. The molecule has 1 N–H and O–H groups in total. The zero-order valence-electron chi connectivity index (χ0n) is 12.1. The molecule has 19 heavy (non-hydrogen) atoms. The van der Waals surface area contributed by atoms with Gasteiger partial charge in [-0.25, -0.2) is 0 Å². The Morgan fingerprint density at radius 2 is 2.16 bits per heavy atom. The highest BCUT2D eigenvalue weighted by atomic mass is 16.6. The van der Waals surface area contributed by atoms with Gasteiger partial charge in [-0.3, -0.25) is 15.1 Å². The Balaban J connectivity index is 2.93. The molecule has 0 aliphatic heterocycles. The summed E-state index contributed by atoms with van der Waals surface area (Å²) in [6.07, 6.45) is 3.43. The summed E-state index contributed by atoms with van der Waals surface area (Å²) in [5.74, 6) is 0.283. The minimum atomic E-state index is -0.383. The van der Waals surface area contributed by atoms with Crippen molar-refractivity contribution >= 4 is 5.69 Å². The van der Waals surface area contributed by atoms with Gasteiger partial charge in [0.15, 0.2) is 0 Å². The first-order valence-electron chi connectivity index (χ1n) is 6.85. The van der Waals surface area contributed by atoms with Crippen LogP contribution in [0.15, 0.2) is 12.3 Å². The molecule has 0 aliphatic rings. The second-order valence-corrected chi connectivity index (χ2v) is 4.91. The zero-order chi connectivity index (χ0) is 14.4. The highest BCUT2D eigenvalue weighted by molar-refractivity contribution is 5.38. The van der Waals surface area contributed by atoms with Gasteiger partial charge < -0.3 is 5.32 Å². The molecule has 0 saturated carbocycles. The van der Waals surface area contributed by atoms with Crippen molar-refractivity contribution in [2.75, 3.05) is 6.54 Å². The predicted molar refractivity (Wildman–Crippen MR) is 76.4 cm³/mol. The Bertz CT molecular complexity index is 435. The van der Waals surface area contributed by atoms with E-state index in [2.05, 4.69) is 31.1 Å². The maximum absolute atomic E-state index is 10.8. The quantitative estimate of drug-likeness (QED) is 0.607. The number of aryl methyl sites for hydroxylation is 1. The fourth-order valence-corrected chi connectivity index (χ4v) is 2.30. The van der Waals surface area contributed by atoms with Gasteiger partial charge in [0.2, 0.25) is 0 Å². The van der Waals surface area contributed by atoms with Crippen LogP contribution >= 0.6 is 0 Å². The average Bonchev–Trinajstić information content (AvgIpc) is 2.36. The second kappa shape index (κ2) is 7.19. The molecular weight excluding hydrogens is 242 g/mol. The van der Waals surface area contributed by atoms with Crippen LogP contribution in [-0.2, 0) is 0 Å². The van der Waals surface area contributed by atoms with Crippen molar-refractivity contribution in [3.8, 4) is 0 Å². The summed E-state index contributed by atoms with van der Waals surface area (Å²) in [7, 11) is 0. The van der Waals surface area contributed by atoms with Crippen molar-refractivity contribution in [3.05, 3.63) is 33.6 Å². The first-order chi connectivity index (χ1) is 9.01. The molecule has 0 radical (unpaired) electrons. The molecule has 0 aromatic carbocycles. The van der Waals surface area contributed by atoms with E-state index in [1.807, 2.05) is 6.07 Å². The van der Waals surface area contributed by atoms with Crippen molar-refractivity contribution in [1.82, 2.24) is 10.3 Å². The van der Waals surface area contributed by atoms with Crippen molar-refractivity contribution in [2.45, 2.75) is 52.5 Å². The zero-order valence-corrected chi connectivity index (χ0v) is 12.1. The molecule has 0 saturated heterocycles. The van der Waals surface area contributed by atoms with E-state index in [1.165, 1.54) is 6.20 Å². The lowest BCUT2D eigenvalue weighted by Gasteiger charge is -2.23. The van der Waals surface area contributed by atoms with Gasteiger partial charge in [0.05, 0.1) is 4.92 Å². The Hall–Kier alpha value is -1.49. The third-order valence-corrected chi connectivity index (χ3v) is 3.44. The standard InChI is InChI=1S/C14H23N3O2/c1-5-7-15-11(4)12(6-2)13-8-10(3)14(9-16-13)17(18)19/h8-9,11-12,15H,5-7H2,1-4H3. The first kappa shape index (κ1) is 15.6. The molecule has 0 fully saturated rings. The van der Waals surface area contributed by atoms with Gasteiger partial charge in [-0.2, -0.15) is 0 Å². The average molecular weight is 265 g/mol. The molecule has 5 nitrogen and oxygen atoms in total. The van der Waals surface area contributed by atoms with Crippen molar-refractivity contribution in [3.63, 3.8) is 0 Å². The fourth-order valence-electron chi connectivity index (χ4n) is 2.30. The van der Waals surface area contributed by atoms with Crippen LogP contribution in [0.4, 0.5) is 5.69 Å². The predicted octanol–water partition coefficient (Wildman–Crippen LogP) is 3.18. The summed E-state index contributed by atoms with van der Waals surface area (Å²) >= 11 is 0. The monoisotopic (exact) mass is 265 g/mol. The van der Waals surface area contributed by atoms with Gasteiger partial charge >= 0.3 is 0 Å². The number of nitrogens with zero attached hydrogens (tertiary/aromatic N) is 2. The normalized spacial score (nSPS) is 14.1. The summed E-state index contributed by atoms with van der Waals surface area (Å²) in [4.78, 5) is 14.7. The second-order valence-electron chi connectivity index (χ2n) is 4.91. The molecule has 1 heterocycles. The summed E-state index contributed by atoms with van der Waals surface area (Å²) in [5, 5.41) is 14.3. The molecule has 0 aliphatic carbocycles. The minimum Gasteiger partial charge on any atom is -0.314 e. The Labute approximate surface area is 114 Å². The van der Waals surface area contributed by atoms with Crippen molar-refractivity contribution in [1.29, 1.82) is 0 Å². The number of nitro groups is 1. The van der Waals surface area contributed by atoms with Gasteiger partial charge in [-0.05, 0) is 39.3 Å². The van der Waals surface area contributed by atoms with Gasteiger partial charge in [0, 0.05) is 23.2 Å². The maximum Gasteiger partial charge on any atom is 0.290 e. The van der Waals surface area contributed by atoms with Crippen LogP contribution in [0, 0.1) is 17.0 Å². The number of hydrogen-bond donors (Lipinski definition) is 1. The van der Waals surface area contributed by atoms with Crippen LogP contribution in [0.25, 0.3) is 0 Å². The lowest BCUT2D eigenvalue weighted by molar-refractivity contribution is -0.385. The van der Waals surface area contributed by atoms with Crippen LogP contribution in [0.1, 0.15) is 50.8 Å². The van der Waals surface area contributed by atoms with E-state index in [0.29, 0.717) is 11.6 Å². The summed E-state index contributed by atoms with van der Waals surface area (Å²) in [6.45, 7) is 9.13. The third kappa shape index (κ3) is 3.99. The van der Waals surface area contributed by atoms with Crippen LogP contribution in [-0.4, -0.2) is 22.5 Å². The fraction of sp³-hybridized carbons (Fsp3) is 0.643. The smallest absolute Gasteiger partial charge is 0.290 e. The number of aromatic nitrogens is 1. The number of nitrogens with one attached hydrogen (secondary N) is 1. The molecule has 106 valence electrons. The SMILES string of the molecule is CCCNC(C)C(CC)c1cc(C)c([N+](=O)[O-])cn1. The van der Waals surface area contributed by atoms with Gasteiger partial charge in [-0.1, -0.05) is 13.8 Å². The molecule has 5 heteroatoms. The third-order valence-electron chi connectivity index (χ3n) is 3.44. The Morgan fingerprint density at radius 3 is 2.63 bits per heavy atom. The van der Waals surface area contributed by atoms with Crippen molar-refractivity contribution in [2.24, 2.45) is 0 Å². The van der Waals surface area contributed by atoms with E-state index in [1.54, 1.807) is 6.92 Å². The Morgan fingerprint density at radius 1 is 1.47 bits per heavy atom. The van der Waals surface area contributed by atoms with E-state index in [9.17, 15) is 10.1 Å². The summed E-state index contributed by atoms with van der Waals surface area (Å²) in [5.41, 5.74) is 1.70. The lowest BCUT2D eigenvalue weighted by Crippen LogP contribution is -2.33.